The van der Waals surface area contributed by atoms with Crippen molar-refractivity contribution in [2.24, 2.45) is 0 Å². The lowest BCUT2D eigenvalue weighted by atomic mass is 9.88. The summed E-state index contributed by atoms with van der Waals surface area (Å²) < 4.78 is 11.9. The van der Waals surface area contributed by atoms with Crippen molar-refractivity contribution in [1.82, 2.24) is 9.88 Å². The zero-order chi connectivity index (χ0) is 24.7. The fourth-order valence-electron chi connectivity index (χ4n) is 4.61. The molecule has 2 heterocycles. The van der Waals surface area contributed by atoms with E-state index in [2.05, 4.69) is 29.2 Å². The van der Waals surface area contributed by atoms with E-state index in [1.807, 2.05) is 59.5 Å². The first-order valence-electron chi connectivity index (χ1n) is 12.4. The second-order valence-electron chi connectivity index (χ2n) is 8.91. The molecule has 194 valence electrons. The molecule has 8 heteroatoms. The van der Waals surface area contributed by atoms with Crippen molar-refractivity contribution in [3.8, 4) is 5.75 Å². The third-order valence-corrected chi connectivity index (χ3v) is 7.70. The first kappa shape index (κ1) is 27.1. The van der Waals surface area contributed by atoms with E-state index < -0.39 is 0 Å². The van der Waals surface area contributed by atoms with Crippen LogP contribution in [0.3, 0.4) is 0 Å². The molecule has 37 heavy (non-hydrogen) atoms. The molecule has 0 unspecified atom stereocenters. The number of aromatic nitrogens is 1. The molecule has 0 radical (unpaired) electrons. The molecule has 5 rings (SSSR count). The normalized spacial score (nSPS) is 13.9. The minimum Gasteiger partial charge on any atom is -0.497 e. The van der Waals surface area contributed by atoms with Gasteiger partial charge in [0, 0.05) is 44.6 Å². The lowest BCUT2D eigenvalue weighted by Crippen LogP contribution is -2.43. The van der Waals surface area contributed by atoms with Crippen LogP contribution in [-0.4, -0.2) is 62.3 Å². The number of hydrogen-bond acceptors (Lipinski definition) is 6. The Balaban J connectivity index is 0.00000320. The molecule has 1 saturated heterocycles. The molecule has 4 aromatic rings. The lowest BCUT2D eigenvalue weighted by molar-refractivity contribution is -0.118. The summed E-state index contributed by atoms with van der Waals surface area (Å²) in [4.78, 5) is 23.1. The number of anilines is 1. The van der Waals surface area contributed by atoms with Gasteiger partial charge in [0.25, 0.3) is 0 Å². The average molecular weight is 538 g/mol. The molecule has 1 aliphatic heterocycles. The van der Waals surface area contributed by atoms with E-state index in [1.165, 1.54) is 0 Å². The summed E-state index contributed by atoms with van der Waals surface area (Å²) in [5.41, 5.74) is 3.12. The highest BCUT2D eigenvalue weighted by atomic mass is 35.5. The van der Waals surface area contributed by atoms with Gasteiger partial charge in [0.2, 0.25) is 5.91 Å². The number of nitrogens with zero attached hydrogens (tertiary/aromatic N) is 3. The predicted molar refractivity (Wildman–Crippen MR) is 152 cm³/mol. The van der Waals surface area contributed by atoms with Gasteiger partial charge in [-0.15, -0.1) is 12.4 Å². The Morgan fingerprint density at radius 2 is 1.68 bits per heavy atom. The van der Waals surface area contributed by atoms with Crippen LogP contribution in [0.15, 0.2) is 78.9 Å². The van der Waals surface area contributed by atoms with Gasteiger partial charge in [-0.1, -0.05) is 72.0 Å². The quantitative estimate of drug-likeness (QED) is 0.277. The second-order valence-corrected chi connectivity index (χ2v) is 9.92. The van der Waals surface area contributed by atoms with E-state index in [4.69, 9.17) is 14.5 Å². The molecule has 0 aliphatic carbocycles. The Hall–Kier alpha value is -2.97. The van der Waals surface area contributed by atoms with E-state index in [0.717, 1.165) is 65.1 Å². The van der Waals surface area contributed by atoms with E-state index in [9.17, 15) is 4.79 Å². The third kappa shape index (κ3) is 6.67. The molecule has 0 spiro atoms. The summed E-state index contributed by atoms with van der Waals surface area (Å²) in [6.45, 7) is 4.62. The molecule has 1 amide bonds. The van der Waals surface area contributed by atoms with Crippen molar-refractivity contribution < 1.29 is 14.3 Å². The van der Waals surface area contributed by atoms with Crippen molar-refractivity contribution in [3.63, 3.8) is 0 Å². The zero-order valence-corrected chi connectivity index (χ0v) is 22.5. The summed E-state index contributed by atoms with van der Waals surface area (Å²) >= 11 is 1.55. The second kappa shape index (κ2) is 13.0. The highest BCUT2D eigenvalue weighted by molar-refractivity contribution is 7.22. The Morgan fingerprint density at radius 1 is 1.03 bits per heavy atom. The molecular weight excluding hydrogens is 506 g/mol. The lowest BCUT2D eigenvalue weighted by Gasteiger charge is -2.30. The van der Waals surface area contributed by atoms with Crippen LogP contribution in [0.4, 0.5) is 5.13 Å². The topological polar surface area (TPSA) is 54.9 Å². The van der Waals surface area contributed by atoms with Crippen LogP contribution in [0.5, 0.6) is 5.75 Å². The molecule has 1 fully saturated rings. The Labute approximate surface area is 228 Å². The Kier molecular flexibility index (Phi) is 9.52. The molecule has 0 bridgehead atoms. The fraction of sp³-hybridized carbons (Fsp3) is 0.310. The van der Waals surface area contributed by atoms with Crippen LogP contribution in [0.2, 0.25) is 0 Å². The van der Waals surface area contributed by atoms with Crippen molar-refractivity contribution in [2.45, 2.75) is 12.3 Å². The van der Waals surface area contributed by atoms with Gasteiger partial charge in [0.15, 0.2) is 5.13 Å². The monoisotopic (exact) mass is 537 g/mol. The van der Waals surface area contributed by atoms with Gasteiger partial charge in [-0.3, -0.25) is 14.6 Å². The number of ether oxygens (including phenoxy) is 2. The zero-order valence-electron chi connectivity index (χ0n) is 20.9. The molecule has 1 aromatic heterocycles. The number of morpholine rings is 1. The Bertz CT molecular complexity index is 1240. The number of fused-ring (bicyclic) bond motifs is 1. The van der Waals surface area contributed by atoms with E-state index >= 15 is 0 Å². The Morgan fingerprint density at radius 3 is 2.30 bits per heavy atom. The van der Waals surface area contributed by atoms with Gasteiger partial charge in [0.05, 0.1) is 30.5 Å². The van der Waals surface area contributed by atoms with Gasteiger partial charge >= 0.3 is 0 Å². The minimum absolute atomic E-state index is 0. The summed E-state index contributed by atoms with van der Waals surface area (Å²) in [6.07, 6.45) is 0.371. The molecule has 6 nitrogen and oxygen atoms in total. The number of rotatable bonds is 9. The number of halogens is 1. The third-order valence-electron chi connectivity index (χ3n) is 6.64. The molecule has 0 N–H and O–H groups in total. The number of benzene rings is 3. The summed E-state index contributed by atoms with van der Waals surface area (Å²) in [5, 5.41) is 0.733. The van der Waals surface area contributed by atoms with Crippen LogP contribution in [0.25, 0.3) is 10.2 Å². The smallest absolute Gasteiger partial charge is 0.229 e. The van der Waals surface area contributed by atoms with Crippen LogP contribution in [0, 0.1) is 0 Å². The molecule has 3 aromatic carbocycles. The summed E-state index contributed by atoms with van der Waals surface area (Å²) in [7, 11) is 1.65. The van der Waals surface area contributed by atoms with Gasteiger partial charge in [-0.05, 0) is 23.3 Å². The van der Waals surface area contributed by atoms with Gasteiger partial charge in [-0.25, -0.2) is 4.98 Å². The van der Waals surface area contributed by atoms with E-state index in [1.54, 1.807) is 18.4 Å². The number of methoxy groups -OCH3 is 1. The van der Waals surface area contributed by atoms with Crippen molar-refractivity contribution in [2.75, 3.05) is 51.4 Å². The van der Waals surface area contributed by atoms with Crippen molar-refractivity contribution >= 4 is 45.0 Å². The van der Waals surface area contributed by atoms with Gasteiger partial charge < -0.3 is 9.47 Å². The highest BCUT2D eigenvalue weighted by Crippen LogP contribution is 2.34. The van der Waals surface area contributed by atoms with Gasteiger partial charge in [-0.2, -0.15) is 0 Å². The number of carbonyl (C=O) groups excluding carboxylic acids is 1. The maximum absolute atomic E-state index is 14.0. The molecule has 0 saturated carbocycles. The number of carbonyl (C=O) groups is 1. The molecule has 1 aliphatic rings. The minimum atomic E-state index is -0.0275. The largest absolute Gasteiger partial charge is 0.497 e. The van der Waals surface area contributed by atoms with Crippen LogP contribution < -0.4 is 9.64 Å². The predicted octanol–water partition coefficient (Wildman–Crippen LogP) is 5.61. The van der Waals surface area contributed by atoms with Crippen LogP contribution in [-0.2, 0) is 9.53 Å². The van der Waals surface area contributed by atoms with Crippen molar-refractivity contribution in [3.05, 3.63) is 90.0 Å². The fourth-order valence-corrected chi connectivity index (χ4v) is 5.60. The van der Waals surface area contributed by atoms with Gasteiger partial charge in [0.1, 0.15) is 5.75 Å². The van der Waals surface area contributed by atoms with Crippen molar-refractivity contribution in [1.29, 1.82) is 0 Å². The standard InChI is InChI=1S/C29H31N3O3S.ClH/c1-34-24-12-13-27-26(20-24)30-29(36-27)32(15-14-31-16-18-35-19-17-31)28(33)21-25(22-8-4-2-5-9-22)23-10-6-3-7-11-23;/h2-13,20,25H,14-19,21H2,1H3;1H. The van der Waals surface area contributed by atoms with E-state index in [0.29, 0.717) is 13.0 Å². The average Bonchev–Trinajstić information content (AvgIpc) is 3.36. The summed E-state index contributed by atoms with van der Waals surface area (Å²) in [5.74, 6) is 0.811. The first-order valence-corrected chi connectivity index (χ1v) is 13.2. The molecular formula is C29H32ClN3O3S. The first-order chi connectivity index (χ1) is 17.7. The summed E-state index contributed by atoms with van der Waals surface area (Å²) in [6, 6.07) is 26.5. The van der Waals surface area contributed by atoms with Crippen LogP contribution in [0.1, 0.15) is 23.5 Å². The maximum atomic E-state index is 14.0. The number of thiazole rings is 1. The number of hydrogen-bond donors (Lipinski definition) is 0. The molecule has 0 atom stereocenters. The highest BCUT2D eigenvalue weighted by Gasteiger charge is 2.26. The maximum Gasteiger partial charge on any atom is 0.229 e. The van der Waals surface area contributed by atoms with Crippen LogP contribution >= 0.6 is 23.7 Å². The van der Waals surface area contributed by atoms with E-state index in [-0.39, 0.29) is 24.2 Å². The SMILES string of the molecule is COc1ccc2sc(N(CCN3CCOCC3)C(=O)CC(c3ccccc3)c3ccccc3)nc2c1.Cl. The number of amides is 1.